The molecule has 2 heterocycles. The zero-order valence-corrected chi connectivity index (χ0v) is 9.47. The lowest BCUT2D eigenvalue weighted by Gasteiger charge is -2.11. The number of anilines is 1. The number of fused-ring (bicyclic) bond motifs is 3. The van der Waals surface area contributed by atoms with Crippen LogP contribution in [0, 0.1) is 0 Å². The van der Waals surface area contributed by atoms with Crippen molar-refractivity contribution < 1.29 is 8.42 Å². The van der Waals surface area contributed by atoms with Crippen LogP contribution in [0.3, 0.4) is 0 Å². The number of nitrogens with two attached hydrogens (primary N) is 1. The summed E-state index contributed by atoms with van der Waals surface area (Å²) in [5, 5.41) is 0.943. The van der Waals surface area contributed by atoms with Gasteiger partial charge in [-0.1, -0.05) is 0 Å². The van der Waals surface area contributed by atoms with Crippen LogP contribution < -0.4 is 5.73 Å². The van der Waals surface area contributed by atoms with Crippen LogP contribution in [0.25, 0.3) is 10.9 Å². The average Bonchev–Trinajstić information content (AvgIpc) is 2.55. The molecule has 4 nitrogen and oxygen atoms in total. The summed E-state index contributed by atoms with van der Waals surface area (Å²) in [5.74, 6) is 0.369. The second-order valence-corrected chi connectivity index (χ2v) is 6.41. The maximum Gasteiger partial charge on any atom is 0.154 e. The molecule has 0 saturated heterocycles. The van der Waals surface area contributed by atoms with Crippen molar-refractivity contribution in [3.63, 3.8) is 0 Å². The summed E-state index contributed by atoms with van der Waals surface area (Å²) in [6.45, 7) is 0. The molecule has 3 N–H and O–H groups in total. The molecular formula is C11H12N2O2S. The highest BCUT2D eigenvalue weighted by Gasteiger charge is 2.24. The lowest BCUT2D eigenvalue weighted by Crippen LogP contribution is -2.18. The van der Waals surface area contributed by atoms with Gasteiger partial charge in [-0.3, -0.25) is 0 Å². The van der Waals surface area contributed by atoms with E-state index in [1.165, 1.54) is 0 Å². The lowest BCUT2D eigenvalue weighted by atomic mass is 10.1. The van der Waals surface area contributed by atoms with Crippen LogP contribution >= 0.6 is 0 Å². The number of H-pyrrole nitrogens is 1. The maximum absolute atomic E-state index is 11.6. The molecule has 2 aromatic rings. The van der Waals surface area contributed by atoms with Gasteiger partial charge in [0.2, 0.25) is 0 Å². The van der Waals surface area contributed by atoms with Crippen molar-refractivity contribution in [3.05, 3.63) is 29.5 Å². The average molecular weight is 236 g/mol. The Balaban J connectivity index is 2.31. The standard InChI is InChI=1S/C11H12N2O2S/c12-7-1-2-10-8(5-7)9-6-16(14,15)4-3-11(9)13-10/h1-2,5,13H,3-4,6,12H2. The van der Waals surface area contributed by atoms with Gasteiger partial charge in [-0.2, -0.15) is 0 Å². The van der Waals surface area contributed by atoms with Crippen molar-refractivity contribution in [1.29, 1.82) is 0 Å². The van der Waals surface area contributed by atoms with E-state index in [0.29, 0.717) is 12.1 Å². The predicted molar refractivity (Wildman–Crippen MR) is 63.9 cm³/mol. The summed E-state index contributed by atoms with van der Waals surface area (Å²) < 4.78 is 23.2. The van der Waals surface area contributed by atoms with Crippen LogP contribution in [0.5, 0.6) is 0 Å². The van der Waals surface area contributed by atoms with E-state index in [1.54, 1.807) is 0 Å². The largest absolute Gasteiger partial charge is 0.399 e. The number of hydrogen-bond donors (Lipinski definition) is 2. The summed E-state index contributed by atoms with van der Waals surface area (Å²) in [6.07, 6.45) is 0.576. The Labute approximate surface area is 93.4 Å². The van der Waals surface area contributed by atoms with Gasteiger partial charge in [0.15, 0.2) is 9.84 Å². The van der Waals surface area contributed by atoms with E-state index in [1.807, 2.05) is 18.2 Å². The second-order valence-electron chi connectivity index (χ2n) is 4.23. The molecular weight excluding hydrogens is 224 g/mol. The van der Waals surface area contributed by atoms with Gasteiger partial charge < -0.3 is 10.7 Å². The molecule has 0 spiro atoms. The summed E-state index contributed by atoms with van der Waals surface area (Å²) in [5.41, 5.74) is 9.29. The molecule has 0 aliphatic carbocycles. The van der Waals surface area contributed by atoms with Crippen LogP contribution in [-0.2, 0) is 22.0 Å². The minimum Gasteiger partial charge on any atom is -0.399 e. The Kier molecular flexibility index (Phi) is 1.83. The number of benzene rings is 1. The van der Waals surface area contributed by atoms with E-state index < -0.39 is 9.84 Å². The third-order valence-corrected chi connectivity index (χ3v) is 4.60. The van der Waals surface area contributed by atoms with Crippen LogP contribution in [0.2, 0.25) is 0 Å². The first-order valence-electron chi connectivity index (χ1n) is 5.14. The molecule has 16 heavy (non-hydrogen) atoms. The third kappa shape index (κ3) is 1.39. The molecule has 84 valence electrons. The number of aromatic amines is 1. The highest BCUT2D eigenvalue weighted by molar-refractivity contribution is 7.90. The molecule has 1 aliphatic heterocycles. The normalized spacial score (nSPS) is 18.5. The van der Waals surface area contributed by atoms with Crippen molar-refractivity contribution in [1.82, 2.24) is 4.98 Å². The molecule has 0 fully saturated rings. The molecule has 1 aromatic carbocycles. The van der Waals surface area contributed by atoms with Gasteiger partial charge >= 0.3 is 0 Å². The molecule has 0 radical (unpaired) electrons. The van der Waals surface area contributed by atoms with Crippen LogP contribution in [0.4, 0.5) is 5.69 Å². The zero-order valence-electron chi connectivity index (χ0n) is 8.66. The minimum atomic E-state index is -2.93. The minimum absolute atomic E-state index is 0.131. The fourth-order valence-electron chi connectivity index (χ4n) is 2.25. The Bertz CT molecular complexity index is 671. The second kappa shape index (κ2) is 3.01. The van der Waals surface area contributed by atoms with Crippen LogP contribution in [0.1, 0.15) is 11.3 Å². The summed E-state index contributed by atoms with van der Waals surface area (Å²) in [4.78, 5) is 3.26. The summed E-state index contributed by atoms with van der Waals surface area (Å²) in [6, 6.07) is 5.56. The maximum atomic E-state index is 11.6. The van der Waals surface area contributed by atoms with Gasteiger partial charge in [-0.05, 0) is 23.8 Å². The Morgan fingerprint density at radius 3 is 2.94 bits per heavy atom. The van der Waals surface area contributed by atoms with Crippen molar-refractivity contribution in [2.75, 3.05) is 11.5 Å². The molecule has 0 amide bonds. The SMILES string of the molecule is Nc1ccc2[nH]c3c(c2c1)CS(=O)(=O)CC3. The predicted octanol–water partition coefficient (Wildman–Crippen LogP) is 1.22. The van der Waals surface area contributed by atoms with E-state index in [2.05, 4.69) is 4.98 Å². The number of aromatic nitrogens is 1. The number of aryl methyl sites for hydroxylation is 1. The number of sulfone groups is 1. The van der Waals surface area contributed by atoms with Crippen molar-refractivity contribution in [3.8, 4) is 0 Å². The smallest absolute Gasteiger partial charge is 0.154 e. The third-order valence-electron chi connectivity index (χ3n) is 3.05. The van der Waals surface area contributed by atoms with Crippen molar-refractivity contribution >= 4 is 26.4 Å². The molecule has 0 saturated carbocycles. The highest BCUT2D eigenvalue weighted by Crippen LogP contribution is 2.29. The highest BCUT2D eigenvalue weighted by atomic mass is 32.2. The molecule has 5 heteroatoms. The molecule has 0 atom stereocenters. The topological polar surface area (TPSA) is 76.0 Å². The van der Waals surface area contributed by atoms with Crippen molar-refractivity contribution in [2.45, 2.75) is 12.2 Å². The molecule has 0 bridgehead atoms. The number of nitrogens with one attached hydrogen (secondary N) is 1. The number of nitrogen functional groups attached to an aromatic ring is 1. The van der Waals surface area contributed by atoms with Crippen molar-refractivity contribution in [2.24, 2.45) is 0 Å². The fraction of sp³-hybridized carbons (Fsp3) is 0.273. The first kappa shape index (κ1) is 9.72. The Morgan fingerprint density at radius 1 is 1.31 bits per heavy atom. The van der Waals surface area contributed by atoms with Gasteiger partial charge in [0, 0.05) is 28.7 Å². The van der Waals surface area contributed by atoms with Crippen LogP contribution in [-0.4, -0.2) is 19.2 Å². The number of hydrogen-bond acceptors (Lipinski definition) is 3. The first-order valence-corrected chi connectivity index (χ1v) is 6.97. The van der Waals surface area contributed by atoms with Gasteiger partial charge in [0.05, 0.1) is 11.5 Å². The fourth-order valence-corrected chi connectivity index (χ4v) is 3.68. The van der Waals surface area contributed by atoms with E-state index in [-0.39, 0.29) is 11.5 Å². The van der Waals surface area contributed by atoms with Gasteiger partial charge in [0.1, 0.15) is 0 Å². The quantitative estimate of drug-likeness (QED) is 0.675. The van der Waals surface area contributed by atoms with Gasteiger partial charge in [-0.15, -0.1) is 0 Å². The summed E-state index contributed by atoms with van der Waals surface area (Å²) >= 11 is 0. The van der Waals surface area contributed by atoms with Gasteiger partial charge in [0.25, 0.3) is 0 Å². The lowest BCUT2D eigenvalue weighted by molar-refractivity contribution is 0.591. The Hall–Kier alpha value is -1.49. The van der Waals surface area contributed by atoms with Gasteiger partial charge in [-0.25, -0.2) is 8.42 Å². The molecule has 3 rings (SSSR count). The first-order chi connectivity index (χ1) is 7.55. The van der Waals surface area contributed by atoms with Crippen LogP contribution in [0.15, 0.2) is 18.2 Å². The number of rotatable bonds is 0. The zero-order chi connectivity index (χ0) is 11.3. The molecule has 1 aliphatic rings. The molecule has 1 aromatic heterocycles. The molecule has 0 unspecified atom stereocenters. The van der Waals surface area contributed by atoms with E-state index >= 15 is 0 Å². The Morgan fingerprint density at radius 2 is 2.12 bits per heavy atom. The van der Waals surface area contributed by atoms with E-state index in [9.17, 15) is 8.42 Å². The van der Waals surface area contributed by atoms with E-state index in [4.69, 9.17) is 5.73 Å². The summed E-state index contributed by atoms with van der Waals surface area (Å²) in [7, 11) is -2.93. The monoisotopic (exact) mass is 236 g/mol. The van der Waals surface area contributed by atoms with E-state index in [0.717, 1.165) is 22.2 Å².